The predicted molar refractivity (Wildman–Crippen MR) is 76.3 cm³/mol. The fraction of sp³-hybridized carbons (Fsp3) is 0.562. The van der Waals surface area contributed by atoms with Gasteiger partial charge in [0, 0.05) is 24.3 Å². The summed E-state index contributed by atoms with van der Waals surface area (Å²) in [5.41, 5.74) is 3.63. The van der Waals surface area contributed by atoms with Crippen molar-refractivity contribution in [2.45, 2.75) is 34.1 Å². The molecular weight excluding hydrogens is 222 g/mol. The molecule has 1 saturated heterocycles. The van der Waals surface area contributed by atoms with Gasteiger partial charge in [0.05, 0.1) is 0 Å². The Labute approximate surface area is 110 Å². The van der Waals surface area contributed by atoms with E-state index in [-0.39, 0.29) is 0 Å². The van der Waals surface area contributed by atoms with E-state index in [0.717, 1.165) is 30.9 Å². The fourth-order valence-corrected chi connectivity index (χ4v) is 2.79. The topological polar surface area (TPSA) is 20.3 Å². The lowest BCUT2D eigenvalue weighted by Gasteiger charge is -2.28. The Balaban J connectivity index is 2.17. The van der Waals surface area contributed by atoms with Gasteiger partial charge in [-0.05, 0) is 48.4 Å². The van der Waals surface area contributed by atoms with Gasteiger partial charge in [0.2, 0.25) is 0 Å². The number of carbonyl (C=O) groups excluding carboxylic acids is 1. The highest BCUT2D eigenvalue weighted by molar-refractivity contribution is 5.77. The minimum absolute atomic E-state index is 0.380. The zero-order chi connectivity index (χ0) is 13.3. The highest BCUT2D eigenvalue weighted by Crippen LogP contribution is 2.36. The van der Waals surface area contributed by atoms with Gasteiger partial charge in [-0.25, -0.2) is 0 Å². The summed E-state index contributed by atoms with van der Waals surface area (Å²) in [6, 6.07) is 5.98. The first-order valence-electron chi connectivity index (χ1n) is 6.72. The molecule has 0 N–H and O–H groups in total. The number of hydrogen-bond donors (Lipinski definition) is 0. The molecular formula is C16H23NO. The molecule has 0 radical (unpaired) electrons. The number of rotatable bonds is 2. The van der Waals surface area contributed by atoms with E-state index in [0.29, 0.717) is 5.41 Å². The lowest BCUT2D eigenvalue weighted by Crippen LogP contribution is -2.26. The standard InChI is InChI=1S/C16H23NO/c1-12-9-13(11-18)5-6-15(12)17-8-7-14(10-17)16(2,3)4/h5-6,9,11,14H,7-8,10H2,1-4H3. The van der Waals surface area contributed by atoms with Crippen LogP contribution >= 0.6 is 0 Å². The van der Waals surface area contributed by atoms with Crippen LogP contribution in [0.3, 0.4) is 0 Å². The van der Waals surface area contributed by atoms with Crippen molar-refractivity contribution in [1.82, 2.24) is 0 Å². The molecule has 2 rings (SSSR count). The van der Waals surface area contributed by atoms with Crippen LogP contribution < -0.4 is 4.90 Å². The monoisotopic (exact) mass is 245 g/mol. The van der Waals surface area contributed by atoms with Crippen LogP contribution in [0, 0.1) is 18.3 Å². The summed E-state index contributed by atoms with van der Waals surface area (Å²) >= 11 is 0. The second-order valence-electron chi connectivity index (χ2n) is 6.46. The van der Waals surface area contributed by atoms with Gasteiger partial charge in [-0.1, -0.05) is 20.8 Å². The zero-order valence-corrected chi connectivity index (χ0v) is 11.9. The summed E-state index contributed by atoms with van der Waals surface area (Å²) in [6.07, 6.45) is 2.18. The molecule has 1 aliphatic heterocycles. The van der Waals surface area contributed by atoms with E-state index in [1.54, 1.807) is 0 Å². The van der Waals surface area contributed by atoms with E-state index in [9.17, 15) is 4.79 Å². The van der Waals surface area contributed by atoms with Crippen LogP contribution in [0.15, 0.2) is 18.2 Å². The largest absolute Gasteiger partial charge is 0.371 e. The molecule has 0 spiro atoms. The summed E-state index contributed by atoms with van der Waals surface area (Å²) in [5.74, 6) is 0.752. The predicted octanol–water partition coefficient (Wildman–Crippen LogP) is 3.68. The van der Waals surface area contributed by atoms with Crippen LogP contribution in [0.1, 0.15) is 43.1 Å². The van der Waals surface area contributed by atoms with Crippen molar-refractivity contribution in [1.29, 1.82) is 0 Å². The summed E-state index contributed by atoms with van der Waals surface area (Å²) in [6.45, 7) is 11.3. The number of hydrogen-bond acceptors (Lipinski definition) is 2. The van der Waals surface area contributed by atoms with Crippen molar-refractivity contribution < 1.29 is 4.79 Å². The number of anilines is 1. The first-order chi connectivity index (χ1) is 8.41. The van der Waals surface area contributed by atoms with E-state index in [4.69, 9.17) is 0 Å². The Bertz CT molecular complexity index is 445. The Hall–Kier alpha value is -1.31. The minimum atomic E-state index is 0.380. The van der Waals surface area contributed by atoms with Gasteiger partial charge >= 0.3 is 0 Å². The van der Waals surface area contributed by atoms with Crippen LogP contribution in [0.4, 0.5) is 5.69 Å². The normalized spacial score (nSPS) is 20.2. The van der Waals surface area contributed by atoms with Crippen molar-refractivity contribution in [2.75, 3.05) is 18.0 Å². The number of aldehydes is 1. The van der Waals surface area contributed by atoms with E-state index < -0.39 is 0 Å². The van der Waals surface area contributed by atoms with Crippen molar-refractivity contribution >= 4 is 12.0 Å². The highest BCUT2D eigenvalue weighted by Gasteiger charge is 2.32. The Kier molecular flexibility index (Phi) is 3.47. The number of aryl methyl sites for hydroxylation is 1. The Morgan fingerprint density at radius 1 is 1.33 bits per heavy atom. The van der Waals surface area contributed by atoms with Crippen LogP contribution in [-0.2, 0) is 0 Å². The van der Waals surface area contributed by atoms with E-state index in [1.807, 2.05) is 12.1 Å². The molecule has 18 heavy (non-hydrogen) atoms. The van der Waals surface area contributed by atoms with Gasteiger partial charge in [-0.2, -0.15) is 0 Å². The average Bonchev–Trinajstić information content (AvgIpc) is 2.77. The number of carbonyl (C=O) groups is 1. The zero-order valence-electron chi connectivity index (χ0n) is 11.9. The molecule has 1 fully saturated rings. The second kappa shape index (κ2) is 4.75. The molecule has 1 unspecified atom stereocenters. The van der Waals surface area contributed by atoms with Gasteiger partial charge in [-0.3, -0.25) is 4.79 Å². The molecule has 0 amide bonds. The Morgan fingerprint density at radius 2 is 2.06 bits per heavy atom. The maximum Gasteiger partial charge on any atom is 0.150 e. The summed E-state index contributed by atoms with van der Waals surface area (Å²) in [5, 5.41) is 0. The van der Waals surface area contributed by atoms with Crippen molar-refractivity contribution in [3.63, 3.8) is 0 Å². The summed E-state index contributed by atoms with van der Waals surface area (Å²) in [7, 11) is 0. The fourth-order valence-electron chi connectivity index (χ4n) is 2.79. The Morgan fingerprint density at radius 3 is 2.56 bits per heavy atom. The van der Waals surface area contributed by atoms with Crippen LogP contribution in [0.5, 0.6) is 0 Å². The molecule has 1 heterocycles. The molecule has 0 saturated carbocycles. The summed E-state index contributed by atoms with van der Waals surface area (Å²) < 4.78 is 0. The number of nitrogens with zero attached hydrogens (tertiary/aromatic N) is 1. The van der Waals surface area contributed by atoms with Gasteiger partial charge < -0.3 is 4.90 Å². The maximum absolute atomic E-state index is 10.8. The van der Waals surface area contributed by atoms with Crippen molar-refractivity contribution in [2.24, 2.45) is 11.3 Å². The van der Waals surface area contributed by atoms with Gasteiger partial charge in [-0.15, -0.1) is 0 Å². The molecule has 0 aliphatic carbocycles. The lowest BCUT2D eigenvalue weighted by atomic mass is 9.80. The first kappa shape index (κ1) is 13.1. The number of benzene rings is 1. The molecule has 0 aromatic heterocycles. The van der Waals surface area contributed by atoms with E-state index >= 15 is 0 Å². The SMILES string of the molecule is Cc1cc(C=O)ccc1N1CCC(C(C)(C)C)C1. The first-order valence-corrected chi connectivity index (χ1v) is 6.72. The van der Waals surface area contributed by atoms with Crippen LogP contribution in [0.2, 0.25) is 0 Å². The third-order valence-corrected chi connectivity index (χ3v) is 4.11. The van der Waals surface area contributed by atoms with Gasteiger partial charge in [0.15, 0.2) is 0 Å². The molecule has 2 nitrogen and oxygen atoms in total. The molecule has 1 aromatic carbocycles. The third-order valence-electron chi connectivity index (χ3n) is 4.11. The molecule has 2 heteroatoms. The molecule has 0 bridgehead atoms. The van der Waals surface area contributed by atoms with E-state index in [1.165, 1.54) is 17.7 Å². The highest BCUT2D eigenvalue weighted by atomic mass is 16.1. The van der Waals surface area contributed by atoms with Crippen LogP contribution in [0.25, 0.3) is 0 Å². The van der Waals surface area contributed by atoms with Crippen LogP contribution in [-0.4, -0.2) is 19.4 Å². The van der Waals surface area contributed by atoms with Gasteiger partial charge in [0.1, 0.15) is 6.29 Å². The quantitative estimate of drug-likeness (QED) is 0.741. The third kappa shape index (κ3) is 2.58. The lowest BCUT2D eigenvalue weighted by molar-refractivity contribution is 0.112. The maximum atomic E-state index is 10.8. The minimum Gasteiger partial charge on any atom is -0.371 e. The molecule has 1 aliphatic rings. The van der Waals surface area contributed by atoms with E-state index in [2.05, 4.69) is 38.7 Å². The smallest absolute Gasteiger partial charge is 0.150 e. The molecule has 98 valence electrons. The molecule has 1 atom stereocenters. The second-order valence-corrected chi connectivity index (χ2v) is 6.46. The average molecular weight is 245 g/mol. The molecule has 1 aromatic rings. The summed E-state index contributed by atoms with van der Waals surface area (Å²) in [4.78, 5) is 13.2. The van der Waals surface area contributed by atoms with Crippen molar-refractivity contribution in [3.05, 3.63) is 29.3 Å². The van der Waals surface area contributed by atoms with Gasteiger partial charge in [0.25, 0.3) is 0 Å². The van der Waals surface area contributed by atoms with Crippen molar-refractivity contribution in [3.8, 4) is 0 Å².